The standard InChI is InChI=1S/C37H38ClFN2O5S/c1-24-21-30(38)14-15-31(24)29-13-16-34(33(39)23-29)41-36(43)32(27-9-5-25(6-10-27)17-18-37(2,3)4)22-26-7-11-28(12-8-26)35(42)40-19-20-47(44,45)46/h5-18,21,23,32H,19-20,22H2,1-4H3,(H,40,42)(H,41,43)(H,44,45,46). The number of hydrogen-bond acceptors (Lipinski definition) is 4. The lowest BCUT2D eigenvalue weighted by Gasteiger charge is -2.19. The highest BCUT2D eigenvalue weighted by atomic mass is 35.5. The van der Waals surface area contributed by atoms with Gasteiger partial charge in [0.05, 0.1) is 17.4 Å². The first-order valence-electron chi connectivity index (χ1n) is 15.1. The van der Waals surface area contributed by atoms with E-state index in [9.17, 15) is 18.0 Å². The van der Waals surface area contributed by atoms with E-state index >= 15 is 4.39 Å². The van der Waals surface area contributed by atoms with Gasteiger partial charge in [0, 0.05) is 17.1 Å². The lowest BCUT2D eigenvalue weighted by Crippen LogP contribution is -2.28. The Morgan fingerprint density at radius 3 is 2.23 bits per heavy atom. The van der Waals surface area contributed by atoms with E-state index in [-0.39, 0.29) is 29.6 Å². The molecule has 0 aliphatic carbocycles. The second-order valence-corrected chi connectivity index (χ2v) is 14.5. The van der Waals surface area contributed by atoms with Crippen LogP contribution in [0.5, 0.6) is 0 Å². The van der Waals surface area contributed by atoms with E-state index in [0.29, 0.717) is 10.6 Å². The van der Waals surface area contributed by atoms with Gasteiger partial charge in [-0.2, -0.15) is 8.42 Å². The summed E-state index contributed by atoms with van der Waals surface area (Å²) >= 11 is 6.08. The van der Waals surface area contributed by atoms with E-state index in [1.165, 1.54) is 6.07 Å². The zero-order valence-corrected chi connectivity index (χ0v) is 28.3. The summed E-state index contributed by atoms with van der Waals surface area (Å²) in [6.07, 6.45) is 4.39. The van der Waals surface area contributed by atoms with Crippen LogP contribution in [0.25, 0.3) is 17.2 Å². The van der Waals surface area contributed by atoms with E-state index in [0.717, 1.165) is 27.8 Å². The van der Waals surface area contributed by atoms with Gasteiger partial charge in [-0.25, -0.2) is 4.39 Å². The number of amides is 2. The summed E-state index contributed by atoms with van der Waals surface area (Å²) in [6, 6.07) is 24.3. The molecule has 4 aromatic rings. The number of allylic oxidation sites excluding steroid dienone is 1. The van der Waals surface area contributed by atoms with Gasteiger partial charge < -0.3 is 10.6 Å². The van der Waals surface area contributed by atoms with Crippen molar-refractivity contribution in [2.75, 3.05) is 17.6 Å². The molecule has 246 valence electrons. The van der Waals surface area contributed by atoms with Gasteiger partial charge in [0.15, 0.2) is 0 Å². The number of carbonyl (C=O) groups is 2. The summed E-state index contributed by atoms with van der Waals surface area (Å²) in [7, 11) is -4.20. The van der Waals surface area contributed by atoms with Gasteiger partial charge in [-0.1, -0.05) is 93.1 Å². The normalized spacial score (nSPS) is 12.6. The van der Waals surface area contributed by atoms with Crippen molar-refractivity contribution in [3.63, 3.8) is 0 Å². The molecule has 0 saturated carbocycles. The second-order valence-electron chi connectivity index (χ2n) is 12.5. The fourth-order valence-corrected chi connectivity index (χ4v) is 5.51. The van der Waals surface area contributed by atoms with Crippen molar-refractivity contribution in [3.8, 4) is 11.1 Å². The summed E-state index contributed by atoms with van der Waals surface area (Å²) < 4.78 is 46.1. The van der Waals surface area contributed by atoms with Gasteiger partial charge in [-0.05, 0) is 88.5 Å². The summed E-state index contributed by atoms with van der Waals surface area (Å²) in [6.45, 7) is 7.98. The Morgan fingerprint density at radius 1 is 0.957 bits per heavy atom. The summed E-state index contributed by atoms with van der Waals surface area (Å²) in [5.74, 6) is -2.76. The van der Waals surface area contributed by atoms with Crippen LogP contribution >= 0.6 is 11.6 Å². The zero-order chi connectivity index (χ0) is 34.4. The molecule has 3 N–H and O–H groups in total. The van der Waals surface area contributed by atoms with Crippen LogP contribution in [0.2, 0.25) is 5.02 Å². The number of anilines is 1. The van der Waals surface area contributed by atoms with E-state index in [1.54, 1.807) is 42.5 Å². The van der Waals surface area contributed by atoms with Crippen molar-refractivity contribution in [1.82, 2.24) is 5.32 Å². The van der Waals surface area contributed by atoms with Crippen LogP contribution in [0, 0.1) is 18.2 Å². The average Bonchev–Trinajstić information content (AvgIpc) is 2.99. The lowest BCUT2D eigenvalue weighted by molar-refractivity contribution is -0.117. The van der Waals surface area contributed by atoms with Crippen molar-refractivity contribution in [1.29, 1.82) is 0 Å². The molecule has 1 atom stereocenters. The molecule has 4 rings (SSSR count). The number of nitrogens with one attached hydrogen (secondary N) is 2. The molecule has 1 unspecified atom stereocenters. The topological polar surface area (TPSA) is 113 Å². The van der Waals surface area contributed by atoms with Crippen LogP contribution in [-0.2, 0) is 21.3 Å². The summed E-state index contributed by atoms with van der Waals surface area (Å²) in [5.41, 5.74) is 5.21. The Hall–Kier alpha value is -4.31. The predicted molar refractivity (Wildman–Crippen MR) is 187 cm³/mol. The van der Waals surface area contributed by atoms with Crippen LogP contribution in [0.15, 0.2) is 91.0 Å². The van der Waals surface area contributed by atoms with Gasteiger partial charge in [-0.3, -0.25) is 14.1 Å². The number of aryl methyl sites for hydroxylation is 1. The monoisotopic (exact) mass is 676 g/mol. The molecule has 0 saturated heterocycles. The van der Waals surface area contributed by atoms with Crippen LogP contribution < -0.4 is 10.6 Å². The Bertz CT molecular complexity index is 1880. The smallest absolute Gasteiger partial charge is 0.266 e. The Kier molecular flexibility index (Phi) is 11.4. The molecule has 0 bridgehead atoms. The number of rotatable bonds is 11. The Balaban J connectivity index is 1.57. The molecule has 0 fully saturated rings. The molecular weight excluding hydrogens is 639 g/mol. The van der Waals surface area contributed by atoms with Gasteiger partial charge in [0.1, 0.15) is 5.82 Å². The molecule has 0 heterocycles. The van der Waals surface area contributed by atoms with Crippen molar-refractivity contribution < 1.29 is 27.0 Å². The molecule has 10 heteroatoms. The third kappa shape index (κ3) is 10.6. The van der Waals surface area contributed by atoms with Gasteiger partial charge in [0.25, 0.3) is 16.0 Å². The van der Waals surface area contributed by atoms with Gasteiger partial charge in [0.2, 0.25) is 5.91 Å². The van der Waals surface area contributed by atoms with Crippen molar-refractivity contribution in [2.45, 2.75) is 40.0 Å². The van der Waals surface area contributed by atoms with Crippen LogP contribution in [0.1, 0.15) is 59.3 Å². The van der Waals surface area contributed by atoms with Crippen molar-refractivity contribution in [3.05, 3.63) is 130 Å². The molecule has 0 aliphatic heterocycles. The summed E-state index contributed by atoms with van der Waals surface area (Å²) in [4.78, 5) is 26.2. The van der Waals surface area contributed by atoms with E-state index < -0.39 is 39.4 Å². The average molecular weight is 677 g/mol. The minimum Gasteiger partial charge on any atom is -0.351 e. The molecule has 47 heavy (non-hydrogen) atoms. The summed E-state index contributed by atoms with van der Waals surface area (Å²) in [5, 5.41) is 5.81. The van der Waals surface area contributed by atoms with E-state index in [4.69, 9.17) is 16.2 Å². The quantitative estimate of drug-likeness (QED) is 0.139. The molecular formula is C37H38ClFN2O5S. The first-order chi connectivity index (χ1) is 22.1. The van der Waals surface area contributed by atoms with Crippen LogP contribution in [-0.4, -0.2) is 37.1 Å². The third-order valence-corrected chi connectivity index (χ3v) is 8.41. The second kappa shape index (κ2) is 15.1. The maximum Gasteiger partial charge on any atom is 0.266 e. The molecule has 2 amide bonds. The van der Waals surface area contributed by atoms with Crippen LogP contribution in [0.4, 0.5) is 10.1 Å². The Labute approximate surface area is 280 Å². The SMILES string of the molecule is Cc1cc(Cl)ccc1-c1ccc(NC(=O)C(Cc2ccc(C(=O)NCCS(=O)(=O)O)cc2)c2ccc(C=CC(C)(C)C)cc2)c(F)c1. The van der Waals surface area contributed by atoms with E-state index in [1.807, 2.05) is 49.4 Å². The third-order valence-electron chi connectivity index (χ3n) is 7.46. The largest absolute Gasteiger partial charge is 0.351 e. The molecule has 4 aromatic carbocycles. The van der Waals surface area contributed by atoms with Gasteiger partial charge >= 0.3 is 0 Å². The van der Waals surface area contributed by atoms with Crippen molar-refractivity contribution >= 4 is 45.3 Å². The highest BCUT2D eigenvalue weighted by molar-refractivity contribution is 7.85. The fraction of sp³-hybridized carbons (Fsp3) is 0.243. The molecule has 0 aromatic heterocycles. The molecule has 0 aliphatic rings. The predicted octanol–water partition coefficient (Wildman–Crippen LogP) is 8.10. The maximum absolute atomic E-state index is 15.4. The molecule has 0 spiro atoms. The fourth-order valence-electron chi connectivity index (χ4n) is 4.93. The maximum atomic E-state index is 15.4. The van der Waals surface area contributed by atoms with Gasteiger partial charge in [-0.15, -0.1) is 0 Å². The number of benzene rings is 4. The number of halogens is 2. The molecule has 0 radical (unpaired) electrons. The molecule has 7 nitrogen and oxygen atoms in total. The minimum atomic E-state index is -4.20. The van der Waals surface area contributed by atoms with Crippen molar-refractivity contribution in [2.24, 2.45) is 5.41 Å². The van der Waals surface area contributed by atoms with E-state index in [2.05, 4.69) is 37.5 Å². The minimum absolute atomic E-state index is 0.00652. The highest BCUT2D eigenvalue weighted by Crippen LogP contribution is 2.30. The lowest BCUT2D eigenvalue weighted by atomic mass is 9.89. The van der Waals surface area contributed by atoms with Crippen LogP contribution in [0.3, 0.4) is 0 Å². The highest BCUT2D eigenvalue weighted by Gasteiger charge is 2.23. The zero-order valence-electron chi connectivity index (χ0n) is 26.7. The Morgan fingerprint density at radius 2 is 1.64 bits per heavy atom. The first-order valence-corrected chi connectivity index (χ1v) is 17.1. The first kappa shape index (κ1) is 35.5. The number of hydrogen-bond donors (Lipinski definition) is 3. The number of carbonyl (C=O) groups excluding carboxylic acids is 2.